The lowest BCUT2D eigenvalue weighted by atomic mass is 10.2. The Bertz CT molecular complexity index is 649. The Hall–Kier alpha value is -1.48. The van der Waals surface area contributed by atoms with Gasteiger partial charge in [0.2, 0.25) is 3.79 Å². The molecule has 144 valence electrons. The topological polar surface area (TPSA) is 93.7 Å². The van der Waals surface area contributed by atoms with Gasteiger partial charge in [-0.1, -0.05) is 34.8 Å². The first kappa shape index (κ1) is 22.6. The number of alkyl halides is 3. The Morgan fingerprint density at radius 3 is 2.12 bits per heavy atom. The molecule has 0 aromatic heterocycles. The Morgan fingerprint density at radius 1 is 1.15 bits per heavy atom. The summed E-state index contributed by atoms with van der Waals surface area (Å²) in [5, 5.41) is 17.1. The number of nitrogens with zero attached hydrogens (tertiary/aromatic N) is 1. The number of hydrogen-bond acceptors (Lipinski definition) is 3. The van der Waals surface area contributed by atoms with E-state index in [-0.39, 0.29) is 10.7 Å². The summed E-state index contributed by atoms with van der Waals surface area (Å²) in [5.41, 5.74) is 0.672. The van der Waals surface area contributed by atoms with E-state index < -0.39 is 22.0 Å². The molecule has 0 aliphatic rings. The van der Waals surface area contributed by atoms with Crippen molar-refractivity contribution >= 4 is 69.8 Å². The van der Waals surface area contributed by atoms with Crippen molar-refractivity contribution in [1.82, 2.24) is 15.5 Å². The number of nitrogens with one attached hydrogen (secondary N) is 3. The summed E-state index contributed by atoms with van der Waals surface area (Å²) in [6, 6.07) is 5.50. The maximum atomic E-state index is 12.2. The first-order chi connectivity index (χ1) is 12.1. The number of carbonyl (C=O) groups is 2. The maximum Gasteiger partial charge on any atom is 0.335 e. The third-order valence-electron chi connectivity index (χ3n) is 3.31. The molecule has 11 heteroatoms. The number of anilines is 1. The largest absolute Gasteiger partial charge is 0.478 e. The second kappa shape index (κ2) is 10.0. The standard InChI is InChI=1S/C15H19Cl3N4O3S/c1-3-22(4-2)14(25)21-12(15(16,17)18)20-13(26)19-10-7-5-9(6-8-10)11(23)24/h5-8,12H,3-4H2,1-2H3,(H,21,25)(H,23,24)(H2,19,20,26)/t12-/m1/s1. The monoisotopic (exact) mass is 440 g/mol. The van der Waals surface area contributed by atoms with E-state index in [1.165, 1.54) is 29.2 Å². The zero-order valence-corrected chi connectivity index (χ0v) is 17.1. The van der Waals surface area contributed by atoms with Crippen molar-refractivity contribution in [2.24, 2.45) is 0 Å². The molecule has 0 aliphatic heterocycles. The number of amides is 2. The minimum Gasteiger partial charge on any atom is -0.478 e. The third kappa shape index (κ3) is 7.03. The number of aromatic carboxylic acids is 1. The molecule has 4 N–H and O–H groups in total. The van der Waals surface area contributed by atoms with Crippen LogP contribution in [-0.2, 0) is 0 Å². The van der Waals surface area contributed by atoms with Gasteiger partial charge in [0.1, 0.15) is 0 Å². The van der Waals surface area contributed by atoms with Crippen LogP contribution in [0.5, 0.6) is 0 Å². The maximum absolute atomic E-state index is 12.2. The molecular weight excluding hydrogens is 423 g/mol. The lowest BCUT2D eigenvalue weighted by Gasteiger charge is -2.30. The van der Waals surface area contributed by atoms with Crippen LogP contribution in [0.2, 0.25) is 0 Å². The number of rotatable bonds is 6. The fourth-order valence-electron chi connectivity index (χ4n) is 1.92. The van der Waals surface area contributed by atoms with Crippen LogP contribution >= 0.6 is 47.0 Å². The number of halogens is 3. The highest BCUT2D eigenvalue weighted by molar-refractivity contribution is 7.80. The Morgan fingerprint density at radius 2 is 1.69 bits per heavy atom. The molecule has 0 spiro atoms. The normalized spacial score (nSPS) is 12.0. The van der Waals surface area contributed by atoms with Gasteiger partial charge in [0.05, 0.1) is 5.56 Å². The molecule has 26 heavy (non-hydrogen) atoms. The molecule has 0 fully saturated rings. The smallest absolute Gasteiger partial charge is 0.335 e. The number of carboxylic acids is 1. The van der Waals surface area contributed by atoms with Crippen LogP contribution in [0, 0.1) is 0 Å². The minimum atomic E-state index is -1.86. The van der Waals surface area contributed by atoms with E-state index in [0.29, 0.717) is 18.8 Å². The van der Waals surface area contributed by atoms with Gasteiger partial charge < -0.3 is 26.0 Å². The molecule has 1 aromatic rings. The second-order valence-corrected chi connectivity index (χ2v) is 7.85. The molecule has 1 atom stereocenters. The number of thiocarbonyl (C=S) groups is 1. The van der Waals surface area contributed by atoms with Crippen LogP contribution in [0.1, 0.15) is 24.2 Å². The Balaban J connectivity index is 2.76. The zero-order valence-electron chi connectivity index (χ0n) is 14.1. The molecule has 0 heterocycles. The lowest BCUT2D eigenvalue weighted by molar-refractivity contribution is 0.0697. The molecule has 1 aromatic carbocycles. The first-order valence-electron chi connectivity index (χ1n) is 7.61. The van der Waals surface area contributed by atoms with Crippen LogP contribution in [0.15, 0.2) is 24.3 Å². The van der Waals surface area contributed by atoms with Crippen molar-refractivity contribution < 1.29 is 14.7 Å². The lowest BCUT2D eigenvalue weighted by Crippen LogP contribution is -2.58. The molecular formula is C15H19Cl3N4O3S. The summed E-state index contributed by atoms with van der Waals surface area (Å²) in [4.78, 5) is 24.6. The predicted octanol–water partition coefficient (Wildman–Crippen LogP) is 3.42. The van der Waals surface area contributed by atoms with Gasteiger partial charge in [-0.3, -0.25) is 0 Å². The summed E-state index contributed by atoms with van der Waals surface area (Å²) >= 11 is 22.9. The summed E-state index contributed by atoms with van der Waals surface area (Å²) in [6.07, 6.45) is -1.08. The summed E-state index contributed by atoms with van der Waals surface area (Å²) in [7, 11) is 0. The SMILES string of the molecule is CCN(CC)C(=O)N[C@@H](NC(=S)Nc1ccc(C(=O)O)cc1)C(Cl)(Cl)Cl. The van der Waals surface area contributed by atoms with Crippen LogP contribution in [0.4, 0.5) is 10.5 Å². The molecule has 0 saturated carbocycles. The van der Waals surface area contributed by atoms with Gasteiger partial charge in [-0.15, -0.1) is 0 Å². The second-order valence-electron chi connectivity index (χ2n) is 5.08. The van der Waals surface area contributed by atoms with Gasteiger partial charge in [0.25, 0.3) is 0 Å². The van der Waals surface area contributed by atoms with E-state index in [9.17, 15) is 9.59 Å². The van der Waals surface area contributed by atoms with Crippen molar-refractivity contribution in [2.45, 2.75) is 23.8 Å². The molecule has 0 aliphatic carbocycles. The van der Waals surface area contributed by atoms with Gasteiger partial charge >= 0.3 is 12.0 Å². The summed E-state index contributed by atoms with van der Waals surface area (Å²) in [6.45, 7) is 4.64. The average molecular weight is 442 g/mol. The quantitative estimate of drug-likeness (QED) is 0.307. The predicted molar refractivity (Wildman–Crippen MR) is 108 cm³/mol. The first-order valence-corrected chi connectivity index (χ1v) is 9.15. The van der Waals surface area contributed by atoms with Crippen molar-refractivity contribution in [3.05, 3.63) is 29.8 Å². The number of carbonyl (C=O) groups excluding carboxylic acids is 1. The van der Waals surface area contributed by atoms with Gasteiger partial charge in [-0.25, -0.2) is 9.59 Å². The van der Waals surface area contributed by atoms with Gasteiger partial charge in [-0.2, -0.15) is 0 Å². The molecule has 1 rings (SSSR count). The Kier molecular flexibility index (Phi) is 8.69. The number of urea groups is 1. The fourth-order valence-corrected chi connectivity index (χ4v) is 2.48. The van der Waals surface area contributed by atoms with Crippen molar-refractivity contribution in [3.63, 3.8) is 0 Å². The molecule has 0 unspecified atom stereocenters. The van der Waals surface area contributed by atoms with Crippen LogP contribution < -0.4 is 16.0 Å². The van der Waals surface area contributed by atoms with Gasteiger partial charge in [-0.05, 0) is 50.3 Å². The molecule has 0 saturated heterocycles. The van der Waals surface area contributed by atoms with Gasteiger partial charge in [0.15, 0.2) is 11.3 Å². The molecule has 0 radical (unpaired) electrons. The van der Waals surface area contributed by atoms with Crippen molar-refractivity contribution in [1.29, 1.82) is 0 Å². The van der Waals surface area contributed by atoms with E-state index in [1.807, 2.05) is 13.8 Å². The van der Waals surface area contributed by atoms with Crippen molar-refractivity contribution in [3.8, 4) is 0 Å². The van der Waals surface area contributed by atoms with Crippen molar-refractivity contribution in [2.75, 3.05) is 18.4 Å². The van der Waals surface area contributed by atoms with E-state index in [0.717, 1.165) is 0 Å². The molecule has 7 nitrogen and oxygen atoms in total. The van der Waals surface area contributed by atoms with E-state index in [1.54, 1.807) is 0 Å². The van der Waals surface area contributed by atoms with Crippen LogP contribution in [0.3, 0.4) is 0 Å². The number of hydrogen-bond donors (Lipinski definition) is 4. The fraction of sp³-hybridized carbons (Fsp3) is 0.400. The summed E-state index contributed by atoms with van der Waals surface area (Å²) < 4.78 is -1.86. The number of benzene rings is 1. The average Bonchev–Trinajstić information content (AvgIpc) is 2.55. The highest BCUT2D eigenvalue weighted by atomic mass is 35.6. The minimum absolute atomic E-state index is 0.0873. The number of carboxylic acid groups (broad SMARTS) is 1. The van der Waals surface area contributed by atoms with E-state index in [4.69, 9.17) is 52.1 Å². The Labute approximate surface area is 172 Å². The van der Waals surface area contributed by atoms with E-state index in [2.05, 4.69) is 16.0 Å². The van der Waals surface area contributed by atoms with E-state index >= 15 is 0 Å². The molecule has 2 amide bonds. The highest BCUT2D eigenvalue weighted by Crippen LogP contribution is 2.29. The zero-order chi connectivity index (χ0) is 19.9. The third-order valence-corrected chi connectivity index (χ3v) is 4.19. The molecule has 0 bridgehead atoms. The van der Waals surface area contributed by atoms with Crippen LogP contribution in [-0.4, -0.2) is 50.2 Å². The van der Waals surface area contributed by atoms with Crippen LogP contribution in [0.25, 0.3) is 0 Å². The highest BCUT2D eigenvalue weighted by Gasteiger charge is 2.35. The van der Waals surface area contributed by atoms with Gasteiger partial charge in [0, 0.05) is 18.8 Å². The summed E-state index contributed by atoms with van der Waals surface area (Å²) in [5.74, 6) is -1.03.